The van der Waals surface area contributed by atoms with Crippen molar-refractivity contribution in [1.29, 1.82) is 0 Å². The Labute approximate surface area is 85.7 Å². The molecule has 0 bridgehead atoms. The Kier molecular flexibility index (Phi) is 3.26. The molecule has 0 aromatic heterocycles. The van der Waals surface area contributed by atoms with Crippen LogP contribution in [0.25, 0.3) is 0 Å². The molecule has 2 heteroatoms. The van der Waals surface area contributed by atoms with Crippen LogP contribution in [0.15, 0.2) is 18.2 Å². The Hall–Kier alpha value is -0.383. The molecule has 1 N–H and O–H groups in total. The van der Waals surface area contributed by atoms with Gasteiger partial charge in [0.2, 0.25) is 0 Å². The van der Waals surface area contributed by atoms with Crippen molar-refractivity contribution in [3.8, 4) is 0 Å². The molecule has 0 saturated heterocycles. The maximum absolute atomic E-state index is 3.34. The molecule has 1 aromatic rings. The summed E-state index contributed by atoms with van der Waals surface area (Å²) in [4.78, 5) is 0. The van der Waals surface area contributed by atoms with E-state index in [1.807, 2.05) is 6.07 Å². The maximum Gasteiger partial charge on any atom is 1.00 e. The Bertz CT molecular complexity index is 260. The van der Waals surface area contributed by atoms with Gasteiger partial charge in [0.05, 0.1) is 0 Å². The van der Waals surface area contributed by atoms with Gasteiger partial charge in [0.1, 0.15) is 0 Å². The monoisotopic (exact) mass is 153 g/mol. The summed E-state index contributed by atoms with van der Waals surface area (Å²) in [5, 5.41) is 3.34. The number of para-hydroxylation sites is 1. The number of hydrogen-bond acceptors (Lipinski definition) is 1. The van der Waals surface area contributed by atoms with Crippen molar-refractivity contribution in [1.82, 2.24) is 0 Å². The van der Waals surface area contributed by atoms with Crippen LogP contribution in [0, 0.1) is 6.07 Å². The third-order valence-corrected chi connectivity index (χ3v) is 2.30. The average molecular weight is 153 g/mol. The second-order valence-corrected chi connectivity index (χ2v) is 3.12. The minimum absolute atomic E-state index is 0. The van der Waals surface area contributed by atoms with E-state index in [9.17, 15) is 0 Å². The van der Waals surface area contributed by atoms with E-state index in [4.69, 9.17) is 0 Å². The van der Waals surface area contributed by atoms with Gasteiger partial charge < -0.3 is 5.32 Å². The van der Waals surface area contributed by atoms with Gasteiger partial charge in [-0.2, -0.15) is 24.3 Å². The fourth-order valence-electron chi connectivity index (χ4n) is 1.58. The van der Waals surface area contributed by atoms with E-state index in [1.54, 1.807) is 0 Å². The van der Waals surface area contributed by atoms with Crippen LogP contribution in [0.3, 0.4) is 0 Å². The third-order valence-electron chi connectivity index (χ3n) is 2.30. The van der Waals surface area contributed by atoms with Crippen LogP contribution in [-0.2, 0) is 0 Å². The topological polar surface area (TPSA) is 12.0 Å². The number of hydrogen-bond donors (Lipinski definition) is 1. The van der Waals surface area contributed by atoms with Crippen LogP contribution in [0.4, 0.5) is 5.69 Å². The molecule has 0 amide bonds. The van der Waals surface area contributed by atoms with Crippen molar-refractivity contribution in [2.75, 3.05) is 11.9 Å². The second kappa shape index (κ2) is 4.03. The second-order valence-electron chi connectivity index (χ2n) is 3.12. The molecule has 0 fully saturated rings. The molecule has 0 aliphatic carbocycles. The van der Waals surface area contributed by atoms with Gasteiger partial charge in [-0.1, -0.05) is 18.5 Å². The summed E-state index contributed by atoms with van der Waals surface area (Å²) >= 11 is 0. The summed E-state index contributed by atoms with van der Waals surface area (Å²) in [6, 6.07) is 9.41. The van der Waals surface area contributed by atoms with E-state index in [0.29, 0.717) is 5.92 Å². The molecule has 1 aliphatic rings. The van der Waals surface area contributed by atoms with Crippen molar-refractivity contribution in [3.05, 3.63) is 29.8 Å². The molecule has 2 rings (SSSR count). The Morgan fingerprint density at radius 3 is 3.17 bits per heavy atom. The standard InChI is InChI=1S/C10H12N.Li/c1-8-6-7-11-10-5-3-2-4-9(8)10;/h2-4,8,11H,6-7H2,1H3;/q-1;+1. The average Bonchev–Trinajstić information content (AvgIpc) is 2.06. The van der Waals surface area contributed by atoms with E-state index in [2.05, 4.69) is 30.4 Å². The Balaban J connectivity index is 0.000000720. The van der Waals surface area contributed by atoms with Gasteiger partial charge in [0.15, 0.2) is 0 Å². The maximum atomic E-state index is 3.34. The summed E-state index contributed by atoms with van der Waals surface area (Å²) in [5.41, 5.74) is 2.62. The van der Waals surface area contributed by atoms with E-state index < -0.39 is 0 Å². The molecule has 1 nitrogen and oxygen atoms in total. The summed E-state index contributed by atoms with van der Waals surface area (Å²) in [5.74, 6) is 0.698. The van der Waals surface area contributed by atoms with Crippen molar-refractivity contribution in [3.63, 3.8) is 0 Å². The van der Waals surface area contributed by atoms with Gasteiger partial charge in [-0.15, -0.1) is 5.56 Å². The van der Waals surface area contributed by atoms with Gasteiger partial charge in [-0.05, 0) is 6.42 Å². The molecular weight excluding hydrogens is 141 g/mol. The van der Waals surface area contributed by atoms with Crippen LogP contribution < -0.4 is 24.2 Å². The zero-order valence-corrected chi connectivity index (χ0v) is 7.72. The van der Waals surface area contributed by atoms with E-state index >= 15 is 0 Å². The first-order valence-corrected chi connectivity index (χ1v) is 4.12. The fourth-order valence-corrected chi connectivity index (χ4v) is 1.58. The van der Waals surface area contributed by atoms with Crippen LogP contribution in [-0.4, -0.2) is 6.54 Å². The van der Waals surface area contributed by atoms with Crippen LogP contribution in [0.1, 0.15) is 24.8 Å². The molecule has 58 valence electrons. The summed E-state index contributed by atoms with van der Waals surface area (Å²) in [6.07, 6.45) is 1.24. The Morgan fingerprint density at radius 1 is 1.58 bits per heavy atom. The van der Waals surface area contributed by atoms with Crippen LogP contribution in [0.5, 0.6) is 0 Å². The predicted octanol–water partition coefficient (Wildman–Crippen LogP) is -0.590. The molecule has 0 radical (unpaired) electrons. The normalized spacial score (nSPS) is 20.2. The molecule has 1 heterocycles. The SMILES string of the molecule is CC1CCNc2[c-]cccc21.[Li+]. The number of nitrogens with one attached hydrogen (secondary N) is 1. The fraction of sp³-hybridized carbons (Fsp3) is 0.400. The number of fused-ring (bicyclic) bond motifs is 1. The van der Waals surface area contributed by atoms with Gasteiger partial charge in [-0.3, -0.25) is 0 Å². The van der Waals surface area contributed by atoms with E-state index in [1.165, 1.54) is 17.7 Å². The van der Waals surface area contributed by atoms with E-state index in [0.717, 1.165) is 6.54 Å². The molecule has 0 saturated carbocycles. The predicted molar refractivity (Wildman–Crippen MR) is 46.8 cm³/mol. The van der Waals surface area contributed by atoms with Gasteiger partial charge >= 0.3 is 18.9 Å². The van der Waals surface area contributed by atoms with Crippen LogP contribution in [0.2, 0.25) is 0 Å². The molecule has 0 spiro atoms. The van der Waals surface area contributed by atoms with Gasteiger partial charge in [0.25, 0.3) is 0 Å². The quantitative estimate of drug-likeness (QED) is 0.388. The first-order chi connectivity index (χ1) is 5.38. The Morgan fingerprint density at radius 2 is 2.42 bits per heavy atom. The summed E-state index contributed by atoms with van der Waals surface area (Å²) in [7, 11) is 0. The van der Waals surface area contributed by atoms with Crippen LogP contribution >= 0.6 is 0 Å². The number of rotatable bonds is 0. The number of benzene rings is 1. The van der Waals surface area contributed by atoms with Crippen molar-refractivity contribution >= 4 is 5.69 Å². The first kappa shape index (κ1) is 9.70. The minimum Gasteiger partial charge on any atom is -0.406 e. The smallest absolute Gasteiger partial charge is 0.406 e. The molecule has 1 atom stereocenters. The number of anilines is 1. The van der Waals surface area contributed by atoms with E-state index in [-0.39, 0.29) is 18.9 Å². The van der Waals surface area contributed by atoms with Gasteiger partial charge in [0, 0.05) is 6.54 Å². The molecule has 1 unspecified atom stereocenters. The van der Waals surface area contributed by atoms with Crippen molar-refractivity contribution < 1.29 is 18.9 Å². The molecule has 1 aromatic carbocycles. The minimum atomic E-state index is 0. The zero-order chi connectivity index (χ0) is 7.68. The largest absolute Gasteiger partial charge is 1.00 e. The zero-order valence-electron chi connectivity index (χ0n) is 7.72. The molecule has 1 aliphatic heterocycles. The van der Waals surface area contributed by atoms with Crippen molar-refractivity contribution in [2.24, 2.45) is 0 Å². The molecular formula is C10H12LiN. The summed E-state index contributed by atoms with van der Waals surface area (Å²) in [6.45, 7) is 3.36. The third kappa shape index (κ3) is 1.68. The first-order valence-electron chi connectivity index (χ1n) is 4.12. The van der Waals surface area contributed by atoms with Gasteiger partial charge in [-0.25, -0.2) is 0 Å². The summed E-state index contributed by atoms with van der Waals surface area (Å²) < 4.78 is 0. The van der Waals surface area contributed by atoms with Crippen molar-refractivity contribution in [2.45, 2.75) is 19.3 Å². The molecule has 12 heavy (non-hydrogen) atoms.